The molecule has 0 saturated heterocycles. The first kappa shape index (κ1) is 18.3. The van der Waals surface area contributed by atoms with Crippen molar-refractivity contribution in [1.82, 2.24) is 4.98 Å². The normalized spacial score (nSPS) is 12.3. The van der Waals surface area contributed by atoms with E-state index in [9.17, 15) is 26.4 Å². The van der Waals surface area contributed by atoms with Crippen molar-refractivity contribution >= 4 is 42.4 Å². The smallest absolute Gasteiger partial charge is 0.298 e. The van der Waals surface area contributed by atoms with Gasteiger partial charge >= 0.3 is 5.51 Å². The van der Waals surface area contributed by atoms with E-state index in [0.717, 1.165) is 34.5 Å². The Morgan fingerprint density at radius 1 is 1.12 bits per heavy atom. The second-order valence-corrected chi connectivity index (χ2v) is 8.39. The third-order valence-corrected chi connectivity index (χ3v) is 5.93. The Balaban J connectivity index is 1.81. The Morgan fingerprint density at radius 3 is 2.38 bits per heavy atom. The molecule has 0 saturated carbocycles. The molecular weight excluding hydrogens is 389 g/mol. The zero-order valence-corrected chi connectivity index (χ0v) is 14.8. The van der Waals surface area contributed by atoms with E-state index in [0.29, 0.717) is 10.6 Å². The molecule has 26 heavy (non-hydrogen) atoms. The second kappa shape index (κ2) is 6.36. The maximum Gasteiger partial charge on any atom is 0.501 e. The number of hydrogen-bond acceptors (Lipinski definition) is 5. The lowest BCUT2D eigenvalue weighted by Gasteiger charge is -2.08. The molecule has 5 nitrogen and oxygen atoms in total. The molecule has 0 aliphatic carbocycles. The summed E-state index contributed by atoms with van der Waals surface area (Å²) in [5.74, 6) is -0.600. The molecule has 1 amide bonds. The second-order valence-electron chi connectivity index (χ2n) is 5.42. The predicted molar refractivity (Wildman–Crippen MR) is 92.0 cm³/mol. The predicted octanol–water partition coefficient (Wildman–Crippen LogP) is 4.15. The van der Waals surface area contributed by atoms with Crippen LogP contribution in [-0.4, -0.2) is 24.8 Å². The van der Waals surface area contributed by atoms with Crippen molar-refractivity contribution in [3.63, 3.8) is 0 Å². The Kier molecular flexibility index (Phi) is 4.49. The SMILES string of the molecule is Cc1ccc2nc(NC(=O)c3ccc(S(=O)(=O)C(F)(F)F)cc3)sc2c1. The molecule has 0 fully saturated rings. The molecular formula is C16H11F3N2O3S2. The summed E-state index contributed by atoms with van der Waals surface area (Å²) in [7, 11) is -5.44. The number of benzene rings is 2. The first-order chi connectivity index (χ1) is 12.1. The van der Waals surface area contributed by atoms with Gasteiger partial charge in [-0.25, -0.2) is 13.4 Å². The molecule has 10 heteroatoms. The van der Waals surface area contributed by atoms with E-state index in [2.05, 4.69) is 10.3 Å². The quantitative estimate of drug-likeness (QED) is 0.717. The Labute approximate surface area is 150 Å². The van der Waals surface area contributed by atoms with Crippen LogP contribution in [0.3, 0.4) is 0 Å². The zero-order valence-electron chi connectivity index (χ0n) is 13.2. The number of halogens is 3. The number of amides is 1. The topological polar surface area (TPSA) is 76.1 Å². The third kappa shape index (κ3) is 3.42. The summed E-state index contributed by atoms with van der Waals surface area (Å²) < 4.78 is 61.1. The van der Waals surface area contributed by atoms with Crippen LogP contribution in [0.25, 0.3) is 10.2 Å². The van der Waals surface area contributed by atoms with Gasteiger partial charge in [-0.2, -0.15) is 13.2 Å². The highest BCUT2D eigenvalue weighted by Crippen LogP contribution is 2.30. The number of aryl methyl sites for hydroxylation is 1. The fourth-order valence-corrected chi connectivity index (χ4v) is 3.89. The molecule has 3 rings (SSSR count). The highest BCUT2D eigenvalue weighted by molar-refractivity contribution is 7.92. The van der Waals surface area contributed by atoms with Crippen molar-refractivity contribution in [3.05, 3.63) is 53.6 Å². The number of sulfone groups is 1. The highest BCUT2D eigenvalue weighted by atomic mass is 32.2. The van der Waals surface area contributed by atoms with E-state index in [1.807, 2.05) is 25.1 Å². The van der Waals surface area contributed by atoms with Gasteiger partial charge in [0.25, 0.3) is 15.7 Å². The molecule has 136 valence electrons. The number of aromatic nitrogens is 1. The lowest BCUT2D eigenvalue weighted by Crippen LogP contribution is -2.23. The minimum absolute atomic E-state index is 0.0153. The van der Waals surface area contributed by atoms with Gasteiger partial charge in [0.05, 0.1) is 15.1 Å². The summed E-state index contributed by atoms with van der Waals surface area (Å²) in [6.07, 6.45) is 0. The molecule has 3 aromatic rings. The van der Waals surface area contributed by atoms with Gasteiger partial charge in [-0.3, -0.25) is 10.1 Å². The number of alkyl halides is 3. The Morgan fingerprint density at radius 2 is 1.77 bits per heavy atom. The van der Waals surface area contributed by atoms with Gasteiger partial charge in [-0.1, -0.05) is 17.4 Å². The Hall–Kier alpha value is -2.46. The molecule has 0 unspecified atom stereocenters. The number of hydrogen-bond donors (Lipinski definition) is 1. The van der Waals surface area contributed by atoms with E-state index < -0.39 is 26.1 Å². The third-order valence-electron chi connectivity index (χ3n) is 3.50. The number of thiazole rings is 1. The van der Waals surface area contributed by atoms with Crippen LogP contribution in [-0.2, 0) is 9.84 Å². The molecule has 1 N–H and O–H groups in total. The molecule has 0 aliphatic rings. The van der Waals surface area contributed by atoms with E-state index in [-0.39, 0.29) is 5.56 Å². The van der Waals surface area contributed by atoms with Gasteiger partial charge in [0.1, 0.15) is 0 Å². The van der Waals surface area contributed by atoms with Crippen molar-refractivity contribution in [2.75, 3.05) is 5.32 Å². The molecule has 0 radical (unpaired) electrons. The van der Waals surface area contributed by atoms with Gasteiger partial charge in [0, 0.05) is 5.56 Å². The zero-order chi connectivity index (χ0) is 19.1. The number of anilines is 1. The molecule has 0 bridgehead atoms. The van der Waals surface area contributed by atoms with Crippen molar-refractivity contribution in [3.8, 4) is 0 Å². The molecule has 1 aromatic heterocycles. The van der Waals surface area contributed by atoms with E-state index in [4.69, 9.17) is 0 Å². The van der Waals surface area contributed by atoms with Crippen LogP contribution in [0.5, 0.6) is 0 Å². The van der Waals surface area contributed by atoms with E-state index in [1.165, 1.54) is 11.3 Å². The first-order valence-electron chi connectivity index (χ1n) is 7.18. The van der Waals surface area contributed by atoms with E-state index in [1.54, 1.807) is 0 Å². The summed E-state index contributed by atoms with van der Waals surface area (Å²) >= 11 is 1.26. The monoisotopic (exact) mass is 400 g/mol. The number of carbonyl (C=O) groups excluding carboxylic acids is 1. The summed E-state index contributed by atoms with van der Waals surface area (Å²) in [4.78, 5) is 15.5. The number of fused-ring (bicyclic) bond motifs is 1. The fraction of sp³-hybridized carbons (Fsp3) is 0.125. The van der Waals surface area contributed by atoms with Crippen LogP contribution in [0, 0.1) is 6.92 Å². The van der Waals surface area contributed by atoms with Gasteiger partial charge in [-0.05, 0) is 48.9 Å². The number of nitrogens with one attached hydrogen (secondary N) is 1. The summed E-state index contributed by atoms with van der Waals surface area (Å²) in [5.41, 5.74) is -3.62. The van der Waals surface area contributed by atoms with Crippen LogP contribution in [0.2, 0.25) is 0 Å². The van der Waals surface area contributed by atoms with Gasteiger partial charge in [0.2, 0.25) is 0 Å². The maximum absolute atomic E-state index is 12.5. The highest BCUT2D eigenvalue weighted by Gasteiger charge is 2.46. The minimum atomic E-state index is -5.44. The molecule has 1 heterocycles. The lowest BCUT2D eigenvalue weighted by atomic mass is 10.2. The lowest BCUT2D eigenvalue weighted by molar-refractivity contribution is -0.0436. The standard InChI is InChI=1S/C16H11F3N2O3S2/c1-9-2-7-12-13(8-9)25-15(20-12)21-14(22)10-3-5-11(6-4-10)26(23,24)16(17,18)19/h2-8H,1H3,(H,20,21,22). The van der Waals surface area contributed by atoms with Crippen LogP contribution in [0.1, 0.15) is 15.9 Å². The number of rotatable bonds is 3. The molecule has 2 aromatic carbocycles. The van der Waals surface area contributed by atoms with Crippen LogP contribution in [0.15, 0.2) is 47.4 Å². The first-order valence-corrected chi connectivity index (χ1v) is 9.48. The molecule has 0 spiro atoms. The van der Waals surface area contributed by atoms with Crippen molar-refractivity contribution in [2.45, 2.75) is 17.3 Å². The number of nitrogens with zero attached hydrogens (tertiary/aromatic N) is 1. The average Bonchev–Trinajstić information content (AvgIpc) is 2.95. The maximum atomic E-state index is 12.5. The molecule has 0 atom stereocenters. The van der Waals surface area contributed by atoms with Crippen LogP contribution >= 0.6 is 11.3 Å². The van der Waals surface area contributed by atoms with Crippen LogP contribution in [0.4, 0.5) is 18.3 Å². The average molecular weight is 400 g/mol. The van der Waals surface area contributed by atoms with Crippen molar-refractivity contribution < 1.29 is 26.4 Å². The largest absolute Gasteiger partial charge is 0.501 e. The minimum Gasteiger partial charge on any atom is -0.298 e. The Bertz CT molecular complexity index is 1090. The van der Waals surface area contributed by atoms with Crippen molar-refractivity contribution in [1.29, 1.82) is 0 Å². The van der Waals surface area contributed by atoms with E-state index >= 15 is 0 Å². The summed E-state index contributed by atoms with van der Waals surface area (Å²) in [5, 5.41) is 2.89. The van der Waals surface area contributed by atoms with Gasteiger partial charge in [-0.15, -0.1) is 0 Å². The molecule has 0 aliphatic heterocycles. The fourth-order valence-electron chi connectivity index (χ4n) is 2.17. The number of carbonyl (C=O) groups is 1. The van der Waals surface area contributed by atoms with Crippen molar-refractivity contribution in [2.24, 2.45) is 0 Å². The van der Waals surface area contributed by atoms with Crippen LogP contribution < -0.4 is 5.32 Å². The summed E-state index contributed by atoms with van der Waals surface area (Å²) in [6, 6.07) is 9.15. The summed E-state index contributed by atoms with van der Waals surface area (Å²) in [6.45, 7) is 1.92. The van der Waals surface area contributed by atoms with Gasteiger partial charge < -0.3 is 0 Å². The van der Waals surface area contributed by atoms with Gasteiger partial charge in [0.15, 0.2) is 5.13 Å².